The van der Waals surface area contributed by atoms with Crippen molar-refractivity contribution in [3.63, 3.8) is 0 Å². The first-order valence-electron chi connectivity index (χ1n) is 6.10. The number of nitrogens with zero attached hydrogens (tertiary/aromatic N) is 1. The molecule has 0 spiro atoms. The molecule has 1 aromatic heterocycles. The maximum absolute atomic E-state index is 11.9. The summed E-state index contributed by atoms with van der Waals surface area (Å²) in [7, 11) is 0. The van der Waals surface area contributed by atoms with Gasteiger partial charge in [-0.3, -0.25) is 4.79 Å². The molecule has 19 heavy (non-hydrogen) atoms. The molecule has 0 amide bonds. The molecule has 0 aliphatic heterocycles. The van der Waals surface area contributed by atoms with Gasteiger partial charge >= 0.3 is 0 Å². The average Bonchev–Trinajstić information content (AvgIpc) is 2.43. The lowest BCUT2D eigenvalue weighted by Gasteiger charge is -2.12. The van der Waals surface area contributed by atoms with E-state index in [-0.39, 0.29) is 11.7 Å². The van der Waals surface area contributed by atoms with E-state index in [1.165, 1.54) is 0 Å². The summed E-state index contributed by atoms with van der Waals surface area (Å²) in [5.41, 5.74) is 1.33. The molecule has 0 aliphatic carbocycles. The second kappa shape index (κ2) is 6.12. The lowest BCUT2D eigenvalue weighted by atomic mass is 10.1. The van der Waals surface area contributed by atoms with Gasteiger partial charge in [-0.15, -0.1) is 0 Å². The van der Waals surface area contributed by atoms with Gasteiger partial charge in [0.05, 0.1) is 5.69 Å². The van der Waals surface area contributed by atoms with Gasteiger partial charge in [-0.05, 0) is 29.8 Å². The summed E-state index contributed by atoms with van der Waals surface area (Å²) >= 11 is 3.29. The number of halogens is 1. The van der Waals surface area contributed by atoms with Crippen molar-refractivity contribution in [1.82, 2.24) is 9.97 Å². The van der Waals surface area contributed by atoms with Crippen LogP contribution in [-0.4, -0.2) is 16.6 Å². The van der Waals surface area contributed by atoms with Crippen molar-refractivity contribution >= 4 is 15.9 Å². The van der Waals surface area contributed by atoms with E-state index in [0.29, 0.717) is 22.6 Å². The topological polar surface area (TPSA) is 55.0 Å². The van der Waals surface area contributed by atoms with Crippen molar-refractivity contribution in [1.29, 1.82) is 0 Å². The zero-order valence-electron chi connectivity index (χ0n) is 10.8. The standard InChI is InChI=1S/C14H15BrN2O2/c1-3-19-9(2)13-16-12(11(15)14(18)17-13)10-7-5-4-6-8-10/h4-9H,3H2,1-2H3,(H,16,17,18). The summed E-state index contributed by atoms with van der Waals surface area (Å²) in [5.74, 6) is 0.536. The van der Waals surface area contributed by atoms with Gasteiger partial charge in [-0.2, -0.15) is 0 Å². The Labute approximate surface area is 120 Å². The summed E-state index contributed by atoms with van der Waals surface area (Å²) in [4.78, 5) is 19.2. The minimum Gasteiger partial charge on any atom is -0.371 e. The highest BCUT2D eigenvalue weighted by atomic mass is 79.9. The summed E-state index contributed by atoms with van der Waals surface area (Å²) in [5, 5.41) is 0. The van der Waals surface area contributed by atoms with Crippen LogP contribution in [0.1, 0.15) is 25.8 Å². The molecule has 1 N–H and O–H groups in total. The molecule has 100 valence electrons. The molecule has 0 aliphatic rings. The van der Waals surface area contributed by atoms with Crippen LogP contribution in [0.2, 0.25) is 0 Å². The van der Waals surface area contributed by atoms with Crippen molar-refractivity contribution in [3.8, 4) is 11.3 Å². The molecular weight excluding hydrogens is 308 g/mol. The van der Waals surface area contributed by atoms with E-state index in [1.54, 1.807) is 0 Å². The van der Waals surface area contributed by atoms with E-state index >= 15 is 0 Å². The Morgan fingerprint density at radius 3 is 2.68 bits per heavy atom. The average molecular weight is 323 g/mol. The molecule has 2 aromatic rings. The zero-order valence-corrected chi connectivity index (χ0v) is 12.4. The first kappa shape index (κ1) is 14.0. The normalized spacial score (nSPS) is 12.4. The van der Waals surface area contributed by atoms with E-state index in [9.17, 15) is 4.79 Å². The van der Waals surface area contributed by atoms with Crippen LogP contribution in [0.3, 0.4) is 0 Å². The van der Waals surface area contributed by atoms with Crippen molar-refractivity contribution < 1.29 is 4.74 Å². The van der Waals surface area contributed by atoms with Gasteiger partial charge in [-0.1, -0.05) is 30.3 Å². The van der Waals surface area contributed by atoms with Gasteiger partial charge in [0.15, 0.2) is 0 Å². The third-order valence-corrected chi connectivity index (χ3v) is 3.47. The predicted octanol–water partition coefficient (Wildman–Crippen LogP) is 3.30. The van der Waals surface area contributed by atoms with Crippen LogP contribution in [0.5, 0.6) is 0 Å². The quantitative estimate of drug-likeness (QED) is 0.939. The van der Waals surface area contributed by atoms with E-state index in [4.69, 9.17) is 4.74 Å². The van der Waals surface area contributed by atoms with Gasteiger partial charge in [-0.25, -0.2) is 4.98 Å². The lowest BCUT2D eigenvalue weighted by molar-refractivity contribution is 0.0699. The Hall–Kier alpha value is -1.46. The number of rotatable bonds is 4. The van der Waals surface area contributed by atoms with Gasteiger partial charge < -0.3 is 9.72 Å². The molecule has 0 saturated heterocycles. The van der Waals surface area contributed by atoms with Gasteiger partial charge in [0, 0.05) is 12.2 Å². The second-order valence-electron chi connectivity index (χ2n) is 4.08. The first-order chi connectivity index (χ1) is 9.13. The van der Waals surface area contributed by atoms with Crippen LogP contribution in [0.15, 0.2) is 39.6 Å². The van der Waals surface area contributed by atoms with Crippen LogP contribution >= 0.6 is 15.9 Å². The van der Waals surface area contributed by atoms with Gasteiger partial charge in [0.2, 0.25) is 0 Å². The van der Waals surface area contributed by atoms with Crippen LogP contribution in [0.4, 0.5) is 0 Å². The fourth-order valence-electron chi connectivity index (χ4n) is 1.78. The highest BCUT2D eigenvalue weighted by Crippen LogP contribution is 2.24. The highest BCUT2D eigenvalue weighted by Gasteiger charge is 2.14. The molecule has 4 nitrogen and oxygen atoms in total. The van der Waals surface area contributed by atoms with Crippen molar-refractivity contribution in [3.05, 3.63) is 51.0 Å². The Morgan fingerprint density at radius 2 is 2.05 bits per heavy atom. The molecule has 1 atom stereocenters. The van der Waals surface area contributed by atoms with E-state index in [2.05, 4.69) is 25.9 Å². The number of ether oxygens (including phenoxy) is 1. The smallest absolute Gasteiger partial charge is 0.265 e. The van der Waals surface area contributed by atoms with Crippen molar-refractivity contribution in [2.75, 3.05) is 6.61 Å². The molecule has 1 unspecified atom stereocenters. The number of aromatic nitrogens is 2. The Kier molecular flexibility index (Phi) is 4.50. The van der Waals surface area contributed by atoms with E-state index in [0.717, 1.165) is 5.56 Å². The third kappa shape index (κ3) is 3.11. The summed E-state index contributed by atoms with van der Waals surface area (Å²) < 4.78 is 5.90. The molecule has 5 heteroatoms. The number of benzene rings is 1. The van der Waals surface area contributed by atoms with Crippen LogP contribution in [-0.2, 0) is 4.74 Å². The lowest BCUT2D eigenvalue weighted by Crippen LogP contribution is -2.17. The molecule has 0 bridgehead atoms. The predicted molar refractivity (Wildman–Crippen MR) is 78.0 cm³/mol. The molecular formula is C14H15BrN2O2. The minimum atomic E-state index is -0.242. The zero-order chi connectivity index (χ0) is 13.8. The Bertz CT molecular complexity index is 611. The number of hydrogen-bond acceptors (Lipinski definition) is 3. The van der Waals surface area contributed by atoms with Crippen molar-refractivity contribution in [2.24, 2.45) is 0 Å². The van der Waals surface area contributed by atoms with Crippen LogP contribution in [0, 0.1) is 0 Å². The van der Waals surface area contributed by atoms with Crippen LogP contribution in [0.25, 0.3) is 11.3 Å². The number of aromatic amines is 1. The van der Waals surface area contributed by atoms with Crippen molar-refractivity contribution in [2.45, 2.75) is 20.0 Å². The van der Waals surface area contributed by atoms with Crippen LogP contribution < -0.4 is 5.56 Å². The molecule has 0 fully saturated rings. The first-order valence-corrected chi connectivity index (χ1v) is 6.89. The number of H-pyrrole nitrogens is 1. The maximum atomic E-state index is 11.9. The molecule has 0 saturated carbocycles. The molecule has 0 radical (unpaired) electrons. The minimum absolute atomic E-state index is 0.199. The SMILES string of the molecule is CCOC(C)c1nc(-c2ccccc2)c(Br)c(=O)[nH]1. The maximum Gasteiger partial charge on any atom is 0.265 e. The summed E-state index contributed by atoms with van der Waals surface area (Å²) in [6.07, 6.45) is -0.242. The molecule has 1 aromatic carbocycles. The fraction of sp³-hybridized carbons (Fsp3) is 0.286. The molecule has 2 rings (SSSR count). The number of nitrogens with one attached hydrogen (secondary N) is 1. The highest BCUT2D eigenvalue weighted by molar-refractivity contribution is 9.10. The summed E-state index contributed by atoms with van der Waals surface area (Å²) in [6, 6.07) is 9.59. The van der Waals surface area contributed by atoms with Gasteiger partial charge in [0.25, 0.3) is 5.56 Å². The fourth-order valence-corrected chi connectivity index (χ4v) is 2.20. The molecule has 1 heterocycles. The van der Waals surface area contributed by atoms with E-state index in [1.807, 2.05) is 44.2 Å². The Morgan fingerprint density at radius 1 is 1.37 bits per heavy atom. The second-order valence-corrected chi connectivity index (χ2v) is 4.87. The monoisotopic (exact) mass is 322 g/mol. The number of hydrogen-bond donors (Lipinski definition) is 1. The van der Waals surface area contributed by atoms with Gasteiger partial charge in [0.1, 0.15) is 16.4 Å². The largest absolute Gasteiger partial charge is 0.371 e. The summed E-state index contributed by atoms with van der Waals surface area (Å²) in [6.45, 7) is 4.34. The Balaban J connectivity index is 2.52. The third-order valence-electron chi connectivity index (χ3n) is 2.73. The van der Waals surface area contributed by atoms with E-state index < -0.39 is 0 Å².